The van der Waals surface area contributed by atoms with Gasteiger partial charge >= 0.3 is 0 Å². The van der Waals surface area contributed by atoms with Crippen LogP contribution in [0.2, 0.25) is 0 Å². The summed E-state index contributed by atoms with van der Waals surface area (Å²) in [5.41, 5.74) is 0.379. The summed E-state index contributed by atoms with van der Waals surface area (Å²) in [5, 5.41) is 0. The van der Waals surface area contributed by atoms with E-state index in [2.05, 4.69) is 0 Å². The van der Waals surface area contributed by atoms with E-state index in [0.29, 0.717) is 45.1 Å². The standard InChI is InChI=1S/C18H23NO5/c20-17(19-7-10-23-13-18(19)6-9-22-12-18)14-1-3-15(4-2-14)24-16-5-8-21-11-16/h1-4,16H,5-13H2. The van der Waals surface area contributed by atoms with Gasteiger partial charge in [0.25, 0.3) is 5.91 Å². The fraction of sp³-hybridized carbons (Fsp3) is 0.611. The lowest BCUT2D eigenvalue weighted by atomic mass is 9.94. The molecule has 1 aromatic carbocycles. The molecule has 3 heterocycles. The Bertz CT molecular complexity index is 576. The summed E-state index contributed by atoms with van der Waals surface area (Å²) in [7, 11) is 0. The fourth-order valence-electron chi connectivity index (χ4n) is 3.60. The van der Waals surface area contributed by atoms with E-state index in [9.17, 15) is 4.79 Å². The van der Waals surface area contributed by atoms with E-state index in [-0.39, 0.29) is 17.6 Å². The van der Waals surface area contributed by atoms with Gasteiger partial charge in [0, 0.05) is 25.1 Å². The van der Waals surface area contributed by atoms with Crippen LogP contribution in [0.4, 0.5) is 0 Å². The van der Waals surface area contributed by atoms with Crippen molar-refractivity contribution in [1.29, 1.82) is 0 Å². The van der Waals surface area contributed by atoms with Gasteiger partial charge in [0.15, 0.2) is 0 Å². The van der Waals surface area contributed by atoms with Crippen LogP contribution in [0.3, 0.4) is 0 Å². The van der Waals surface area contributed by atoms with Crippen molar-refractivity contribution in [2.24, 2.45) is 0 Å². The first-order chi connectivity index (χ1) is 11.8. The lowest BCUT2D eigenvalue weighted by Crippen LogP contribution is -2.59. The van der Waals surface area contributed by atoms with Gasteiger partial charge in [-0.05, 0) is 30.7 Å². The Morgan fingerprint density at radius 1 is 1.08 bits per heavy atom. The number of nitrogens with zero attached hydrogens (tertiary/aromatic N) is 1. The summed E-state index contributed by atoms with van der Waals surface area (Å²) in [6.07, 6.45) is 1.86. The average Bonchev–Trinajstić information content (AvgIpc) is 3.28. The highest BCUT2D eigenvalue weighted by molar-refractivity contribution is 5.95. The van der Waals surface area contributed by atoms with Crippen molar-refractivity contribution in [3.63, 3.8) is 0 Å². The molecule has 6 heteroatoms. The topological polar surface area (TPSA) is 57.2 Å². The molecule has 0 radical (unpaired) electrons. The minimum absolute atomic E-state index is 0.0412. The van der Waals surface area contributed by atoms with Crippen molar-refractivity contribution in [1.82, 2.24) is 4.90 Å². The Morgan fingerprint density at radius 2 is 1.88 bits per heavy atom. The predicted octanol–water partition coefficient (Wildman–Crippen LogP) is 1.49. The molecular formula is C18H23NO5. The Hall–Kier alpha value is -1.63. The van der Waals surface area contributed by atoms with Crippen LogP contribution < -0.4 is 4.74 Å². The number of carbonyl (C=O) groups excluding carboxylic acids is 1. The van der Waals surface area contributed by atoms with Gasteiger partial charge in [-0.15, -0.1) is 0 Å². The minimum atomic E-state index is -0.300. The zero-order chi connectivity index (χ0) is 16.4. The predicted molar refractivity (Wildman–Crippen MR) is 86.3 cm³/mol. The number of morpholine rings is 1. The van der Waals surface area contributed by atoms with Crippen molar-refractivity contribution in [2.75, 3.05) is 46.2 Å². The normalized spacial score (nSPS) is 30.0. The number of benzene rings is 1. The van der Waals surface area contributed by atoms with Gasteiger partial charge in [-0.25, -0.2) is 0 Å². The molecule has 24 heavy (non-hydrogen) atoms. The monoisotopic (exact) mass is 333 g/mol. The summed E-state index contributed by atoms with van der Waals surface area (Å²) < 4.78 is 22.3. The molecule has 3 aliphatic rings. The maximum Gasteiger partial charge on any atom is 0.254 e. The van der Waals surface area contributed by atoms with Crippen molar-refractivity contribution in [3.05, 3.63) is 29.8 Å². The van der Waals surface area contributed by atoms with Crippen LogP contribution in [0, 0.1) is 0 Å². The highest BCUT2D eigenvalue weighted by Gasteiger charge is 2.45. The average molecular weight is 333 g/mol. The number of ether oxygens (including phenoxy) is 4. The smallest absolute Gasteiger partial charge is 0.254 e. The summed E-state index contributed by atoms with van der Waals surface area (Å²) in [5.74, 6) is 0.822. The molecule has 3 fully saturated rings. The lowest BCUT2D eigenvalue weighted by molar-refractivity contribution is -0.0551. The summed E-state index contributed by atoms with van der Waals surface area (Å²) in [6, 6.07) is 7.41. The van der Waals surface area contributed by atoms with Crippen LogP contribution in [-0.2, 0) is 14.2 Å². The summed E-state index contributed by atoms with van der Waals surface area (Å²) >= 11 is 0. The van der Waals surface area contributed by atoms with E-state index < -0.39 is 0 Å². The zero-order valence-corrected chi connectivity index (χ0v) is 13.7. The van der Waals surface area contributed by atoms with Gasteiger partial charge in [0.2, 0.25) is 0 Å². The second-order valence-corrected chi connectivity index (χ2v) is 6.66. The van der Waals surface area contributed by atoms with Gasteiger partial charge in [-0.3, -0.25) is 4.79 Å². The SMILES string of the molecule is O=C(c1ccc(OC2CCOC2)cc1)N1CCOCC12CCOC2. The molecule has 2 unspecified atom stereocenters. The molecule has 0 aromatic heterocycles. The maximum atomic E-state index is 13.0. The molecule has 3 aliphatic heterocycles. The first kappa shape index (κ1) is 15.9. The number of amides is 1. The zero-order valence-electron chi connectivity index (χ0n) is 13.7. The molecule has 1 amide bonds. The third-order valence-corrected chi connectivity index (χ3v) is 5.02. The van der Waals surface area contributed by atoms with Crippen LogP contribution >= 0.6 is 0 Å². The number of rotatable bonds is 3. The van der Waals surface area contributed by atoms with Gasteiger partial charge in [-0.2, -0.15) is 0 Å². The molecule has 3 saturated heterocycles. The highest BCUT2D eigenvalue weighted by Crippen LogP contribution is 2.31. The van der Waals surface area contributed by atoms with E-state index in [1.165, 1.54) is 0 Å². The van der Waals surface area contributed by atoms with Crippen LogP contribution in [-0.4, -0.2) is 68.6 Å². The lowest BCUT2D eigenvalue weighted by Gasteiger charge is -2.43. The van der Waals surface area contributed by atoms with E-state index in [1.807, 2.05) is 29.2 Å². The highest BCUT2D eigenvalue weighted by atomic mass is 16.5. The number of hydrogen-bond acceptors (Lipinski definition) is 5. The van der Waals surface area contributed by atoms with Gasteiger partial charge in [0.05, 0.1) is 38.6 Å². The molecule has 1 aromatic rings. The van der Waals surface area contributed by atoms with Crippen molar-refractivity contribution in [3.8, 4) is 5.75 Å². The quantitative estimate of drug-likeness (QED) is 0.839. The molecule has 0 saturated carbocycles. The molecule has 0 N–H and O–H groups in total. The minimum Gasteiger partial charge on any atom is -0.488 e. The first-order valence-electron chi connectivity index (χ1n) is 8.59. The number of carbonyl (C=O) groups is 1. The fourth-order valence-corrected chi connectivity index (χ4v) is 3.60. The summed E-state index contributed by atoms with van der Waals surface area (Å²) in [6.45, 7) is 4.38. The molecule has 0 bridgehead atoms. The number of hydrogen-bond donors (Lipinski definition) is 0. The van der Waals surface area contributed by atoms with Gasteiger partial charge < -0.3 is 23.8 Å². The van der Waals surface area contributed by atoms with E-state index in [4.69, 9.17) is 18.9 Å². The molecule has 130 valence electrons. The van der Waals surface area contributed by atoms with Crippen LogP contribution in [0.5, 0.6) is 5.75 Å². The Kier molecular flexibility index (Phi) is 4.43. The van der Waals surface area contributed by atoms with Crippen molar-refractivity contribution >= 4 is 5.91 Å². The van der Waals surface area contributed by atoms with Crippen molar-refractivity contribution in [2.45, 2.75) is 24.5 Å². The third kappa shape index (κ3) is 3.01. The third-order valence-electron chi connectivity index (χ3n) is 5.02. The molecule has 1 spiro atoms. The van der Waals surface area contributed by atoms with Crippen LogP contribution in [0.15, 0.2) is 24.3 Å². The van der Waals surface area contributed by atoms with E-state index in [1.54, 1.807) is 0 Å². The molecular weight excluding hydrogens is 310 g/mol. The van der Waals surface area contributed by atoms with E-state index >= 15 is 0 Å². The molecule has 0 aliphatic carbocycles. The van der Waals surface area contributed by atoms with Crippen molar-refractivity contribution < 1.29 is 23.7 Å². The maximum absolute atomic E-state index is 13.0. The molecule has 2 atom stereocenters. The van der Waals surface area contributed by atoms with Crippen LogP contribution in [0.25, 0.3) is 0 Å². The van der Waals surface area contributed by atoms with Gasteiger partial charge in [-0.1, -0.05) is 0 Å². The van der Waals surface area contributed by atoms with Crippen LogP contribution in [0.1, 0.15) is 23.2 Å². The largest absolute Gasteiger partial charge is 0.488 e. The molecule has 6 nitrogen and oxygen atoms in total. The Balaban J connectivity index is 1.47. The van der Waals surface area contributed by atoms with E-state index in [0.717, 1.165) is 25.2 Å². The second-order valence-electron chi connectivity index (χ2n) is 6.66. The Morgan fingerprint density at radius 3 is 2.58 bits per heavy atom. The Labute approximate surface area is 141 Å². The summed E-state index contributed by atoms with van der Waals surface area (Å²) in [4.78, 5) is 14.9. The second kappa shape index (κ2) is 6.70. The first-order valence-corrected chi connectivity index (χ1v) is 8.59. The van der Waals surface area contributed by atoms with Gasteiger partial charge in [0.1, 0.15) is 11.9 Å². The molecule has 4 rings (SSSR count).